The predicted octanol–water partition coefficient (Wildman–Crippen LogP) is 5.20. The van der Waals surface area contributed by atoms with Crippen molar-refractivity contribution in [3.63, 3.8) is 0 Å². The fraction of sp³-hybridized carbons (Fsp3) is 0.588. The number of rotatable bonds is 4. The minimum Gasteiger partial charge on any atom is -0.381 e. The first-order valence-corrected chi connectivity index (χ1v) is 8.76. The molecule has 1 aromatic rings. The molecule has 1 aliphatic carbocycles. The topological polar surface area (TPSA) is 35.8 Å². The van der Waals surface area contributed by atoms with Crippen LogP contribution in [0.15, 0.2) is 23.1 Å². The Morgan fingerprint density at radius 1 is 1.20 bits per heavy atom. The summed E-state index contributed by atoms with van der Waals surface area (Å²) >= 11 is 1.75. The first kappa shape index (κ1) is 15.3. The summed E-state index contributed by atoms with van der Waals surface area (Å²) in [6, 6.07) is 9.08. The van der Waals surface area contributed by atoms with Gasteiger partial charge in [-0.1, -0.05) is 45.1 Å². The zero-order chi connectivity index (χ0) is 14.2. The summed E-state index contributed by atoms with van der Waals surface area (Å²) in [6.45, 7) is 2.13. The van der Waals surface area contributed by atoms with E-state index >= 15 is 0 Å². The third-order valence-corrected chi connectivity index (χ3v) is 4.84. The van der Waals surface area contributed by atoms with Gasteiger partial charge in [-0.25, -0.2) is 0 Å². The van der Waals surface area contributed by atoms with Gasteiger partial charge in [-0.05, 0) is 30.7 Å². The number of nitrogens with one attached hydrogen (secondary N) is 1. The highest BCUT2D eigenvalue weighted by Gasteiger charge is 2.14. The van der Waals surface area contributed by atoms with Crippen molar-refractivity contribution in [1.29, 1.82) is 5.26 Å². The Hall–Kier alpha value is -1.14. The number of nitrogens with zero attached hydrogens (tertiary/aromatic N) is 1. The van der Waals surface area contributed by atoms with Crippen LogP contribution in [0.1, 0.15) is 57.4 Å². The summed E-state index contributed by atoms with van der Waals surface area (Å²) in [6.07, 6.45) is 9.18. The molecule has 20 heavy (non-hydrogen) atoms. The molecular formula is C17H24N2S. The molecule has 0 aromatic heterocycles. The van der Waals surface area contributed by atoms with E-state index in [9.17, 15) is 5.26 Å². The molecule has 2 rings (SSSR count). The lowest BCUT2D eigenvalue weighted by Crippen LogP contribution is -2.21. The van der Waals surface area contributed by atoms with Crippen molar-refractivity contribution < 1.29 is 0 Å². The lowest BCUT2D eigenvalue weighted by atomic mass is 9.96. The van der Waals surface area contributed by atoms with Crippen LogP contribution in [-0.4, -0.2) is 11.8 Å². The second kappa shape index (κ2) is 8.21. The van der Waals surface area contributed by atoms with E-state index in [1.807, 2.05) is 0 Å². The second-order valence-electron chi connectivity index (χ2n) is 5.41. The van der Waals surface area contributed by atoms with Gasteiger partial charge in [-0.15, -0.1) is 11.8 Å². The minimum absolute atomic E-state index is 0.532. The molecule has 1 N–H and O–H groups in total. The van der Waals surface area contributed by atoms with E-state index in [1.165, 1.54) is 44.9 Å². The highest BCUT2D eigenvalue weighted by atomic mass is 32.2. The molecule has 0 unspecified atom stereocenters. The first-order valence-electron chi connectivity index (χ1n) is 7.77. The fourth-order valence-electron chi connectivity index (χ4n) is 2.86. The van der Waals surface area contributed by atoms with Crippen LogP contribution in [0.5, 0.6) is 0 Å². The summed E-state index contributed by atoms with van der Waals surface area (Å²) in [7, 11) is 0. The van der Waals surface area contributed by atoms with Crippen molar-refractivity contribution in [2.45, 2.75) is 62.8 Å². The summed E-state index contributed by atoms with van der Waals surface area (Å²) in [4.78, 5) is 1.10. The Morgan fingerprint density at radius 2 is 1.90 bits per heavy atom. The molecule has 0 radical (unpaired) electrons. The number of anilines is 1. The highest BCUT2D eigenvalue weighted by Crippen LogP contribution is 2.29. The van der Waals surface area contributed by atoms with Gasteiger partial charge in [0, 0.05) is 10.9 Å². The van der Waals surface area contributed by atoms with Gasteiger partial charge in [0.2, 0.25) is 0 Å². The third-order valence-electron chi connectivity index (χ3n) is 3.90. The molecule has 1 aliphatic rings. The van der Waals surface area contributed by atoms with Crippen molar-refractivity contribution >= 4 is 17.4 Å². The maximum atomic E-state index is 9.45. The van der Waals surface area contributed by atoms with Gasteiger partial charge in [0.15, 0.2) is 0 Å². The molecule has 0 amide bonds. The van der Waals surface area contributed by atoms with Crippen LogP contribution >= 0.6 is 11.8 Å². The monoisotopic (exact) mass is 288 g/mol. The van der Waals surface area contributed by atoms with E-state index in [4.69, 9.17) is 0 Å². The third kappa shape index (κ3) is 4.18. The molecule has 1 fully saturated rings. The number of hydrogen-bond acceptors (Lipinski definition) is 3. The summed E-state index contributed by atoms with van der Waals surface area (Å²) < 4.78 is 0. The van der Waals surface area contributed by atoms with Crippen molar-refractivity contribution in [2.75, 3.05) is 11.1 Å². The average Bonchev–Trinajstić information content (AvgIpc) is 2.42. The van der Waals surface area contributed by atoms with Crippen LogP contribution in [0.2, 0.25) is 0 Å². The lowest BCUT2D eigenvalue weighted by Gasteiger charge is -2.23. The smallest absolute Gasteiger partial charge is 0.102 e. The average molecular weight is 288 g/mol. The zero-order valence-corrected chi connectivity index (χ0v) is 13.1. The maximum Gasteiger partial charge on any atom is 0.102 e. The van der Waals surface area contributed by atoms with Crippen molar-refractivity contribution in [2.24, 2.45) is 0 Å². The molecule has 108 valence electrons. The molecule has 0 bridgehead atoms. The Labute approximate surface area is 127 Å². The highest BCUT2D eigenvalue weighted by molar-refractivity contribution is 7.99. The van der Waals surface area contributed by atoms with E-state index in [2.05, 4.69) is 36.5 Å². The number of nitriles is 1. The normalized spacial score (nSPS) is 17.0. The van der Waals surface area contributed by atoms with Crippen molar-refractivity contribution in [3.05, 3.63) is 23.8 Å². The second-order valence-corrected chi connectivity index (χ2v) is 6.72. The van der Waals surface area contributed by atoms with Gasteiger partial charge in [0.1, 0.15) is 6.07 Å². The van der Waals surface area contributed by atoms with Crippen molar-refractivity contribution in [3.8, 4) is 6.07 Å². The van der Waals surface area contributed by atoms with Crippen LogP contribution in [0.4, 0.5) is 5.69 Å². The lowest BCUT2D eigenvalue weighted by molar-refractivity contribution is 0.471. The minimum atomic E-state index is 0.532. The molecule has 3 heteroatoms. The predicted molar refractivity (Wildman–Crippen MR) is 87.3 cm³/mol. The molecule has 0 spiro atoms. The van der Waals surface area contributed by atoms with Gasteiger partial charge >= 0.3 is 0 Å². The van der Waals surface area contributed by atoms with Crippen LogP contribution in [0.3, 0.4) is 0 Å². The van der Waals surface area contributed by atoms with Crippen LogP contribution < -0.4 is 5.32 Å². The molecule has 1 aromatic carbocycles. The molecule has 2 nitrogen and oxygen atoms in total. The number of thioether (sulfide) groups is 1. The number of benzene rings is 1. The molecular weight excluding hydrogens is 264 g/mol. The molecule has 0 aliphatic heterocycles. The SMILES string of the molecule is CCSc1cccc(NC2CCCCCCC2)c1C#N. The van der Waals surface area contributed by atoms with E-state index in [-0.39, 0.29) is 0 Å². The number of hydrogen-bond donors (Lipinski definition) is 1. The van der Waals surface area contributed by atoms with Gasteiger partial charge in [0.05, 0.1) is 11.3 Å². The summed E-state index contributed by atoms with van der Waals surface area (Å²) in [5.41, 5.74) is 1.85. The van der Waals surface area contributed by atoms with Crippen LogP contribution in [-0.2, 0) is 0 Å². The van der Waals surface area contributed by atoms with Gasteiger partial charge in [0.25, 0.3) is 0 Å². The maximum absolute atomic E-state index is 9.45. The van der Waals surface area contributed by atoms with E-state index in [0.717, 1.165) is 21.9 Å². The van der Waals surface area contributed by atoms with E-state index < -0.39 is 0 Å². The Bertz CT molecular complexity index is 457. The summed E-state index contributed by atoms with van der Waals surface area (Å²) in [5.74, 6) is 1.00. The summed E-state index contributed by atoms with van der Waals surface area (Å²) in [5, 5.41) is 13.1. The molecule has 0 saturated heterocycles. The Balaban J connectivity index is 2.11. The largest absolute Gasteiger partial charge is 0.381 e. The first-order chi connectivity index (χ1) is 9.85. The van der Waals surface area contributed by atoms with E-state index in [1.54, 1.807) is 11.8 Å². The quantitative estimate of drug-likeness (QED) is 0.774. The van der Waals surface area contributed by atoms with Crippen LogP contribution in [0.25, 0.3) is 0 Å². The molecule has 1 saturated carbocycles. The Kier molecular flexibility index (Phi) is 6.26. The van der Waals surface area contributed by atoms with E-state index in [0.29, 0.717) is 6.04 Å². The van der Waals surface area contributed by atoms with Crippen LogP contribution in [0, 0.1) is 11.3 Å². The Morgan fingerprint density at radius 3 is 2.55 bits per heavy atom. The van der Waals surface area contributed by atoms with Crippen molar-refractivity contribution in [1.82, 2.24) is 0 Å². The van der Waals surface area contributed by atoms with Gasteiger partial charge in [-0.2, -0.15) is 5.26 Å². The molecule has 0 atom stereocenters. The van der Waals surface area contributed by atoms with Gasteiger partial charge < -0.3 is 5.32 Å². The fourth-order valence-corrected chi connectivity index (χ4v) is 3.65. The standard InChI is InChI=1S/C17H24N2S/c1-2-20-17-12-8-11-16(15(17)13-18)19-14-9-6-4-3-5-7-10-14/h8,11-12,14,19H,2-7,9-10H2,1H3. The van der Waals surface area contributed by atoms with Gasteiger partial charge in [-0.3, -0.25) is 0 Å². The molecule has 0 heterocycles. The zero-order valence-electron chi connectivity index (χ0n) is 12.3.